The average Bonchev–Trinajstić information content (AvgIpc) is 3.54. The van der Waals surface area contributed by atoms with Gasteiger partial charge in [-0.25, -0.2) is 4.98 Å². The van der Waals surface area contributed by atoms with Gasteiger partial charge in [-0.05, 0) is 55.7 Å². The molecule has 1 atom stereocenters. The maximum absolute atomic E-state index is 13.6. The minimum Gasteiger partial charge on any atom is -0.379 e. The second-order valence-electron chi connectivity index (χ2n) is 9.51. The first-order valence-electron chi connectivity index (χ1n) is 12.1. The first kappa shape index (κ1) is 21.8. The third kappa shape index (κ3) is 3.76. The number of benzene rings is 1. The molecule has 0 spiro atoms. The van der Waals surface area contributed by atoms with Gasteiger partial charge in [-0.3, -0.25) is 14.3 Å². The van der Waals surface area contributed by atoms with Gasteiger partial charge in [0, 0.05) is 49.9 Å². The third-order valence-electron chi connectivity index (χ3n) is 7.18. The molecule has 4 aromatic rings. The van der Waals surface area contributed by atoms with E-state index in [1.165, 1.54) is 5.56 Å². The van der Waals surface area contributed by atoms with Gasteiger partial charge in [-0.15, -0.1) is 0 Å². The molecule has 1 N–H and O–H groups in total. The maximum Gasteiger partial charge on any atom is 0.259 e. The molecule has 6 rings (SSSR count). The summed E-state index contributed by atoms with van der Waals surface area (Å²) in [6.45, 7) is 7.96. The van der Waals surface area contributed by atoms with Crippen LogP contribution in [-0.2, 0) is 4.74 Å². The summed E-state index contributed by atoms with van der Waals surface area (Å²) in [6, 6.07) is 7.98. The number of amides is 1. The zero-order valence-corrected chi connectivity index (χ0v) is 20.0. The molecule has 2 fully saturated rings. The van der Waals surface area contributed by atoms with Crippen LogP contribution in [0.1, 0.15) is 33.9 Å². The standard InChI is InChI=1S/C26H28N6O3/c1-16-3-5-27-23(11-16)30-6-8-31(9-7-30)26(34)19-13-20-22(12-17(19)2)29-25(33)21-14-28-32(24(20)21)18-4-10-35-15-18/h3,5,11-14,18H,4,6-10,15H2,1-2H3,(H,29,33)/t18-/m0/s1. The fourth-order valence-electron chi connectivity index (χ4n) is 5.22. The highest BCUT2D eigenvalue weighted by Crippen LogP contribution is 2.29. The molecule has 0 radical (unpaired) electrons. The highest BCUT2D eigenvalue weighted by molar-refractivity contribution is 6.07. The highest BCUT2D eigenvalue weighted by Gasteiger charge is 2.26. The summed E-state index contributed by atoms with van der Waals surface area (Å²) < 4.78 is 7.46. The van der Waals surface area contributed by atoms with Crippen molar-refractivity contribution in [3.63, 3.8) is 0 Å². The van der Waals surface area contributed by atoms with Crippen LogP contribution in [0, 0.1) is 13.8 Å². The Labute approximate surface area is 202 Å². The lowest BCUT2D eigenvalue weighted by atomic mass is 10.0. The number of H-pyrrole nitrogens is 1. The lowest BCUT2D eigenvalue weighted by Crippen LogP contribution is -2.49. The van der Waals surface area contributed by atoms with E-state index in [9.17, 15) is 9.59 Å². The molecule has 180 valence electrons. The number of piperazine rings is 1. The average molecular weight is 473 g/mol. The first-order chi connectivity index (χ1) is 17.0. The predicted molar refractivity (Wildman–Crippen MR) is 134 cm³/mol. The van der Waals surface area contributed by atoms with Crippen LogP contribution >= 0.6 is 0 Å². The summed E-state index contributed by atoms with van der Waals surface area (Å²) in [5.41, 5.74) is 3.99. The van der Waals surface area contributed by atoms with Gasteiger partial charge in [-0.2, -0.15) is 5.10 Å². The van der Waals surface area contributed by atoms with E-state index in [0.29, 0.717) is 42.8 Å². The predicted octanol–water partition coefficient (Wildman–Crippen LogP) is 2.81. The summed E-state index contributed by atoms with van der Waals surface area (Å²) >= 11 is 0. The number of hydrogen-bond donors (Lipinski definition) is 1. The lowest BCUT2D eigenvalue weighted by molar-refractivity contribution is 0.0746. The fourth-order valence-corrected chi connectivity index (χ4v) is 5.22. The van der Waals surface area contributed by atoms with Crippen molar-refractivity contribution in [2.45, 2.75) is 26.3 Å². The molecule has 0 unspecified atom stereocenters. The van der Waals surface area contributed by atoms with Gasteiger partial charge in [0.2, 0.25) is 0 Å². The summed E-state index contributed by atoms with van der Waals surface area (Å²) in [4.78, 5) is 38.0. The Bertz CT molecular complexity index is 1490. The van der Waals surface area contributed by atoms with Crippen LogP contribution in [0.25, 0.3) is 21.8 Å². The zero-order chi connectivity index (χ0) is 24.1. The molecule has 0 bridgehead atoms. The summed E-state index contributed by atoms with van der Waals surface area (Å²) in [7, 11) is 0. The summed E-state index contributed by atoms with van der Waals surface area (Å²) in [6.07, 6.45) is 4.29. The number of nitrogens with zero attached hydrogens (tertiary/aromatic N) is 5. The number of aryl methyl sites for hydroxylation is 2. The largest absolute Gasteiger partial charge is 0.379 e. The molecule has 5 heterocycles. The lowest BCUT2D eigenvalue weighted by Gasteiger charge is -2.35. The molecule has 2 saturated heterocycles. The van der Waals surface area contributed by atoms with Crippen molar-refractivity contribution in [3.05, 3.63) is 63.7 Å². The Balaban J connectivity index is 1.34. The van der Waals surface area contributed by atoms with E-state index in [-0.39, 0.29) is 17.5 Å². The number of aromatic nitrogens is 4. The van der Waals surface area contributed by atoms with Gasteiger partial charge in [-0.1, -0.05) is 0 Å². The number of carbonyl (C=O) groups excluding carboxylic acids is 1. The number of anilines is 1. The molecule has 1 aromatic carbocycles. The van der Waals surface area contributed by atoms with Gasteiger partial charge in [0.15, 0.2) is 0 Å². The number of pyridine rings is 2. The van der Waals surface area contributed by atoms with Crippen LogP contribution in [0.4, 0.5) is 5.82 Å². The summed E-state index contributed by atoms with van der Waals surface area (Å²) in [5.74, 6) is 0.963. The van der Waals surface area contributed by atoms with E-state index in [4.69, 9.17) is 4.74 Å². The second-order valence-corrected chi connectivity index (χ2v) is 9.51. The van der Waals surface area contributed by atoms with Crippen molar-refractivity contribution in [1.29, 1.82) is 0 Å². The fraction of sp³-hybridized carbons (Fsp3) is 0.385. The van der Waals surface area contributed by atoms with Crippen molar-refractivity contribution in [2.75, 3.05) is 44.3 Å². The number of fused-ring (bicyclic) bond motifs is 3. The van der Waals surface area contributed by atoms with Crippen LogP contribution in [0.2, 0.25) is 0 Å². The molecule has 9 nitrogen and oxygen atoms in total. The monoisotopic (exact) mass is 472 g/mol. The molecular weight excluding hydrogens is 444 g/mol. The van der Waals surface area contributed by atoms with Crippen molar-refractivity contribution >= 4 is 33.5 Å². The van der Waals surface area contributed by atoms with Crippen LogP contribution in [-0.4, -0.2) is 69.9 Å². The Kier molecular flexibility index (Phi) is 5.29. The third-order valence-corrected chi connectivity index (χ3v) is 7.18. The van der Waals surface area contributed by atoms with Gasteiger partial charge >= 0.3 is 0 Å². The van der Waals surface area contributed by atoms with Gasteiger partial charge in [0.05, 0.1) is 35.3 Å². The van der Waals surface area contributed by atoms with Crippen LogP contribution in [0.5, 0.6) is 0 Å². The molecule has 2 aliphatic rings. The topological polar surface area (TPSA) is 96.4 Å². The van der Waals surface area contributed by atoms with E-state index >= 15 is 0 Å². The van der Waals surface area contributed by atoms with E-state index in [0.717, 1.165) is 41.8 Å². The minimum absolute atomic E-state index is 0.0101. The van der Waals surface area contributed by atoms with Gasteiger partial charge < -0.3 is 19.5 Å². The first-order valence-corrected chi connectivity index (χ1v) is 12.1. The van der Waals surface area contributed by atoms with E-state index in [1.807, 2.05) is 40.9 Å². The molecule has 0 aliphatic carbocycles. The smallest absolute Gasteiger partial charge is 0.259 e. The molecule has 1 amide bonds. The van der Waals surface area contributed by atoms with Crippen LogP contribution < -0.4 is 10.5 Å². The summed E-state index contributed by atoms with van der Waals surface area (Å²) in [5, 5.41) is 5.90. The number of rotatable bonds is 3. The van der Waals surface area contributed by atoms with E-state index < -0.39 is 0 Å². The number of aromatic amines is 1. The Morgan fingerprint density at radius 1 is 1.11 bits per heavy atom. The Hall–Kier alpha value is -3.72. The van der Waals surface area contributed by atoms with Crippen molar-refractivity contribution in [3.8, 4) is 0 Å². The SMILES string of the molecule is Cc1ccnc(N2CCN(C(=O)c3cc4c(cc3C)[nH]c(=O)c3cnn([C@H]5CCOC5)c34)CC2)c1. The normalized spacial score (nSPS) is 18.6. The number of hydrogen-bond acceptors (Lipinski definition) is 6. The number of nitrogens with one attached hydrogen (secondary N) is 1. The molecule has 0 saturated carbocycles. The number of ether oxygens (including phenoxy) is 1. The second kappa shape index (κ2) is 8.49. The van der Waals surface area contributed by atoms with Crippen molar-refractivity contribution in [2.24, 2.45) is 0 Å². The molecule has 3 aromatic heterocycles. The van der Waals surface area contributed by atoms with Crippen LogP contribution in [0.15, 0.2) is 41.5 Å². The maximum atomic E-state index is 13.6. The molecule has 35 heavy (non-hydrogen) atoms. The Morgan fingerprint density at radius 2 is 1.94 bits per heavy atom. The molecule has 9 heteroatoms. The quantitative estimate of drug-likeness (QED) is 0.493. The Morgan fingerprint density at radius 3 is 2.69 bits per heavy atom. The highest BCUT2D eigenvalue weighted by atomic mass is 16.5. The molecular formula is C26H28N6O3. The van der Waals surface area contributed by atoms with Crippen LogP contribution in [0.3, 0.4) is 0 Å². The van der Waals surface area contributed by atoms with E-state index in [1.54, 1.807) is 6.20 Å². The van der Waals surface area contributed by atoms with Gasteiger partial charge in [0.25, 0.3) is 11.5 Å². The van der Waals surface area contributed by atoms with Crippen molar-refractivity contribution < 1.29 is 9.53 Å². The molecule has 2 aliphatic heterocycles. The minimum atomic E-state index is -0.169. The van der Waals surface area contributed by atoms with Gasteiger partial charge in [0.1, 0.15) is 5.82 Å². The van der Waals surface area contributed by atoms with E-state index in [2.05, 4.69) is 33.0 Å². The zero-order valence-electron chi connectivity index (χ0n) is 20.0. The number of carbonyl (C=O) groups is 1. The van der Waals surface area contributed by atoms with Crippen molar-refractivity contribution in [1.82, 2.24) is 24.6 Å².